The van der Waals surface area contributed by atoms with E-state index in [-0.39, 0.29) is 0 Å². The lowest BCUT2D eigenvalue weighted by Gasteiger charge is -2.21. The van der Waals surface area contributed by atoms with Gasteiger partial charge in [0.15, 0.2) is 11.7 Å². The Bertz CT molecular complexity index is 894. The van der Waals surface area contributed by atoms with E-state index in [9.17, 15) is 19.2 Å². The Hall–Kier alpha value is -2.93. The van der Waals surface area contributed by atoms with Crippen molar-refractivity contribution in [3.05, 3.63) is 65.2 Å². The molecule has 0 spiro atoms. The topological polar surface area (TPSA) is 101 Å². The first-order valence-corrected chi connectivity index (χ1v) is 8.69. The van der Waals surface area contributed by atoms with Gasteiger partial charge in [-0.3, -0.25) is 19.2 Å². The number of fused-ring (bicyclic) bond motifs is 1. The maximum absolute atomic E-state index is 12.5. The molecule has 6 nitrogen and oxygen atoms in total. The van der Waals surface area contributed by atoms with Crippen molar-refractivity contribution in [2.75, 3.05) is 6.54 Å². The first-order valence-electron chi connectivity index (χ1n) is 7.88. The standard InChI is InChI=1S/C19H15NO5S/c21-15(22)10-20-18(24)16-17(23)13-7-6-12(9-14(13)26-19(16)25)8-11-4-2-1-3-5-11/h1-7,9,16H,8,10H2,(H,20,24)(H,21,22). The number of thioether (sulfide) groups is 1. The Morgan fingerprint density at radius 2 is 1.77 bits per heavy atom. The van der Waals surface area contributed by atoms with Crippen LogP contribution in [0.5, 0.6) is 0 Å². The number of carbonyl (C=O) groups is 4. The fourth-order valence-corrected chi connectivity index (χ4v) is 3.75. The molecule has 2 N–H and O–H groups in total. The number of ketones is 1. The van der Waals surface area contributed by atoms with Crippen molar-refractivity contribution in [1.82, 2.24) is 5.32 Å². The highest BCUT2D eigenvalue weighted by molar-refractivity contribution is 8.14. The zero-order valence-corrected chi connectivity index (χ0v) is 14.4. The van der Waals surface area contributed by atoms with Gasteiger partial charge >= 0.3 is 5.97 Å². The molecule has 3 rings (SSSR count). The van der Waals surface area contributed by atoms with Gasteiger partial charge in [-0.05, 0) is 41.4 Å². The van der Waals surface area contributed by atoms with E-state index in [1.165, 1.54) is 0 Å². The molecule has 2 aromatic carbocycles. The number of benzene rings is 2. The normalized spacial score (nSPS) is 16.1. The zero-order chi connectivity index (χ0) is 18.7. The van der Waals surface area contributed by atoms with Crippen LogP contribution in [0.25, 0.3) is 0 Å². The summed E-state index contributed by atoms with van der Waals surface area (Å²) in [6.07, 6.45) is 0.666. The van der Waals surface area contributed by atoms with E-state index in [1.54, 1.807) is 18.2 Å². The summed E-state index contributed by atoms with van der Waals surface area (Å²) in [6.45, 7) is -0.635. The summed E-state index contributed by atoms with van der Waals surface area (Å²) >= 11 is 0.843. The van der Waals surface area contributed by atoms with Crippen LogP contribution in [0.1, 0.15) is 21.5 Å². The van der Waals surface area contributed by atoms with Crippen LogP contribution in [-0.2, 0) is 20.8 Å². The monoisotopic (exact) mass is 369 g/mol. The molecule has 0 bridgehead atoms. The van der Waals surface area contributed by atoms with Gasteiger partial charge in [0.25, 0.3) is 0 Å². The minimum Gasteiger partial charge on any atom is -0.480 e. The minimum atomic E-state index is -1.51. The number of hydrogen-bond acceptors (Lipinski definition) is 5. The fourth-order valence-electron chi connectivity index (χ4n) is 2.72. The van der Waals surface area contributed by atoms with Gasteiger partial charge in [0.05, 0.1) is 0 Å². The largest absolute Gasteiger partial charge is 0.480 e. The average molecular weight is 369 g/mol. The summed E-state index contributed by atoms with van der Waals surface area (Å²) in [5, 5.41) is 10.1. The van der Waals surface area contributed by atoms with Gasteiger partial charge < -0.3 is 10.4 Å². The van der Waals surface area contributed by atoms with Crippen LogP contribution in [0.15, 0.2) is 53.4 Å². The van der Waals surface area contributed by atoms with E-state index >= 15 is 0 Å². The third-order valence-corrected chi connectivity index (χ3v) is 4.94. The smallest absolute Gasteiger partial charge is 0.322 e. The number of carboxylic acids is 1. The zero-order valence-electron chi connectivity index (χ0n) is 13.6. The lowest BCUT2D eigenvalue weighted by atomic mass is 9.95. The molecular weight excluding hydrogens is 354 g/mol. The van der Waals surface area contributed by atoms with Crippen LogP contribution in [0, 0.1) is 5.92 Å². The summed E-state index contributed by atoms with van der Waals surface area (Å²) in [6, 6.07) is 15.0. The molecule has 0 saturated carbocycles. The Balaban J connectivity index is 1.81. The molecule has 7 heteroatoms. The Morgan fingerprint density at radius 3 is 2.46 bits per heavy atom. The number of amides is 1. The van der Waals surface area contributed by atoms with E-state index in [4.69, 9.17) is 5.11 Å². The summed E-state index contributed by atoms with van der Waals surface area (Å²) in [5.74, 6) is -4.23. The van der Waals surface area contributed by atoms with Gasteiger partial charge in [-0.2, -0.15) is 0 Å². The molecule has 1 aliphatic heterocycles. The Morgan fingerprint density at radius 1 is 1.04 bits per heavy atom. The van der Waals surface area contributed by atoms with Crippen LogP contribution in [0.2, 0.25) is 0 Å². The third-order valence-electron chi connectivity index (χ3n) is 3.95. The molecule has 0 aromatic heterocycles. The molecule has 26 heavy (non-hydrogen) atoms. The summed E-state index contributed by atoms with van der Waals surface area (Å²) in [5.41, 5.74) is 2.37. The number of rotatable bonds is 5. The van der Waals surface area contributed by atoms with E-state index in [0.29, 0.717) is 16.9 Å². The number of hydrogen-bond donors (Lipinski definition) is 2. The number of Topliss-reactive ketones (excluding diaryl/α,β-unsaturated/α-hetero) is 1. The van der Waals surface area contributed by atoms with Crippen LogP contribution >= 0.6 is 11.8 Å². The van der Waals surface area contributed by atoms with E-state index in [0.717, 1.165) is 22.9 Å². The Kier molecular flexibility index (Phi) is 5.18. The molecule has 0 aliphatic carbocycles. The molecule has 1 atom stereocenters. The molecule has 0 saturated heterocycles. The lowest BCUT2D eigenvalue weighted by molar-refractivity contribution is -0.139. The minimum absolute atomic E-state index is 0.307. The first-order chi connectivity index (χ1) is 12.5. The number of nitrogens with one attached hydrogen (secondary N) is 1. The predicted molar refractivity (Wildman–Crippen MR) is 95.0 cm³/mol. The van der Waals surface area contributed by atoms with Crippen molar-refractivity contribution in [3.63, 3.8) is 0 Å². The molecule has 1 unspecified atom stereocenters. The summed E-state index contributed by atoms with van der Waals surface area (Å²) < 4.78 is 0. The van der Waals surface area contributed by atoms with Crippen molar-refractivity contribution >= 4 is 34.5 Å². The highest BCUT2D eigenvalue weighted by atomic mass is 32.2. The number of aliphatic carboxylic acids is 1. The Labute approximate surface area is 153 Å². The van der Waals surface area contributed by atoms with E-state index in [1.807, 2.05) is 30.3 Å². The van der Waals surface area contributed by atoms with Gasteiger partial charge in [0.1, 0.15) is 6.54 Å². The highest BCUT2D eigenvalue weighted by Crippen LogP contribution is 2.35. The van der Waals surface area contributed by atoms with Gasteiger partial charge in [-0.15, -0.1) is 0 Å². The quantitative estimate of drug-likeness (QED) is 0.781. The second-order valence-electron chi connectivity index (χ2n) is 5.82. The first kappa shape index (κ1) is 17.9. The molecule has 1 aliphatic rings. The highest BCUT2D eigenvalue weighted by Gasteiger charge is 2.40. The van der Waals surface area contributed by atoms with Crippen LogP contribution in [0.4, 0.5) is 0 Å². The summed E-state index contributed by atoms with van der Waals surface area (Å²) in [4.78, 5) is 47.9. The third kappa shape index (κ3) is 3.83. The molecule has 0 fully saturated rings. The fraction of sp³-hybridized carbons (Fsp3) is 0.158. The second kappa shape index (κ2) is 7.53. The second-order valence-corrected chi connectivity index (χ2v) is 6.87. The van der Waals surface area contributed by atoms with Crippen LogP contribution < -0.4 is 5.32 Å². The molecular formula is C19H15NO5S. The SMILES string of the molecule is O=C(O)CNC(=O)C1C(=O)Sc2cc(Cc3ccccc3)ccc2C1=O. The molecule has 2 aromatic rings. The molecule has 132 valence electrons. The molecule has 0 radical (unpaired) electrons. The van der Waals surface area contributed by atoms with Crippen molar-refractivity contribution in [2.45, 2.75) is 11.3 Å². The van der Waals surface area contributed by atoms with Crippen molar-refractivity contribution < 1.29 is 24.3 Å². The summed E-state index contributed by atoms with van der Waals surface area (Å²) in [7, 11) is 0. The average Bonchev–Trinajstić information content (AvgIpc) is 2.60. The lowest BCUT2D eigenvalue weighted by Crippen LogP contribution is -2.42. The van der Waals surface area contributed by atoms with Crippen molar-refractivity contribution in [2.24, 2.45) is 5.92 Å². The van der Waals surface area contributed by atoms with E-state index < -0.39 is 35.2 Å². The van der Waals surface area contributed by atoms with Gasteiger partial charge in [-0.25, -0.2) is 0 Å². The van der Waals surface area contributed by atoms with Gasteiger partial charge in [-0.1, -0.05) is 36.4 Å². The van der Waals surface area contributed by atoms with Crippen molar-refractivity contribution in [1.29, 1.82) is 0 Å². The number of carbonyl (C=O) groups excluding carboxylic acids is 3. The predicted octanol–water partition coefficient (Wildman–Crippen LogP) is 1.91. The molecule has 1 heterocycles. The van der Waals surface area contributed by atoms with Crippen molar-refractivity contribution in [3.8, 4) is 0 Å². The maximum Gasteiger partial charge on any atom is 0.322 e. The van der Waals surface area contributed by atoms with Gasteiger partial charge in [0, 0.05) is 10.5 Å². The van der Waals surface area contributed by atoms with Crippen LogP contribution in [0.3, 0.4) is 0 Å². The van der Waals surface area contributed by atoms with E-state index in [2.05, 4.69) is 5.32 Å². The molecule has 1 amide bonds. The van der Waals surface area contributed by atoms with Crippen LogP contribution in [-0.4, -0.2) is 34.4 Å². The van der Waals surface area contributed by atoms with Gasteiger partial charge in [0.2, 0.25) is 11.0 Å². The number of carboxylic acid groups (broad SMARTS) is 1. The maximum atomic E-state index is 12.5.